The van der Waals surface area contributed by atoms with Crippen molar-refractivity contribution in [3.05, 3.63) is 23.3 Å². The van der Waals surface area contributed by atoms with E-state index in [-0.39, 0.29) is 5.56 Å². The molecule has 1 aromatic rings. The van der Waals surface area contributed by atoms with E-state index in [1.807, 2.05) is 0 Å². The molecule has 0 spiro atoms. The minimum absolute atomic E-state index is 0.0186. The van der Waals surface area contributed by atoms with Gasteiger partial charge in [0.2, 0.25) is 0 Å². The largest absolute Gasteiger partial charge is 0.496 e. The van der Waals surface area contributed by atoms with Gasteiger partial charge in [-0.1, -0.05) is 0 Å². The third-order valence-electron chi connectivity index (χ3n) is 2.28. The van der Waals surface area contributed by atoms with Crippen LogP contribution in [0.3, 0.4) is 0 Å². The monoisotopic (exact) mass is 247 g/mol. The van der Waals surface area contributed by atoms with E-state index in [9.17, 15) is 8.78 Å². The number of halogens is 2. The molecular formula is C11H15F2NOS. The highest BCUT2D eigenvalue weighted by Gasteiger charge is 2.16. The average molecular weight is 247 g/mol. The quantitative estimate of drug-likeness (QED) is 0.813. The zero-order valence-corrected chi connectivity index (χ0v) is 10.1. The maximum Gasteiger partial charge on any atom is 0.265 e. The summed E-state index contributed by atoms with van der Waals surface area (Å²) >= 11 is 1.31. The van der Waals surface area contributed by atoms with Gasteiger partial charge in [0.25, 0.3) is 6.43 Å². The first-order chi connectivity index (χ1) is 7.63. The van der Waals surface area contributed by atoms with Crippen LogP contribution in [-0.2, 0) is 6.42 Å². The van der Waals surface area contributed by atoms with Gasteiger partial charge in [0.1, 0.15) is 5.75 Å². The Bertz CT molecular complexity index is 358. The van der Waals surface area contributed by atoms with Gasteiger partial charge in [-0.05, 0) is 36.9 Å². The molecule has 0 atom stereocenters. The standard InChI is InChI=1S/C11H15F2NOS/c1-15-9-6-8(11(12)13)10(16-2)5-7(9)3-4-14/h5-6,11H,3-4,14H2,1-2H3. The van der Waals surface area contributed by atoms with E-state index in [1.54, 1.807) is 12.3 Å². The third-order valence-corrected chi connectivity index (χ3v) is 3.07. The van der Waals surface area contributed by atoms with Crippen molar-refractivity contribution in [1.82, 2.24) is 0 Å². The van der Waals surface area contributed by atoms with Gasteiger partial charge in [0.05, 0.1) is 7.11 Å². The maximum atomic E-state index is 12.8. The average Bonchev–Trinajstić information content (AvgIpc) is 2.28. The van der Waals surface area contributed by atoms with Crippen LogP contribution in [-0.4, -0.2) is 19.9 Å². The van der Waals surface area contributed by atoms with Gasteiger partial charge in [-0.3, -0.25) is 0 Å². The molecule has 2 nitrogen and oxygen atoms in total. The highest BCUT2D eigenvalue weighted by atomic mass is 32.2. The molecule has 0 unspecified atom stereocenters. The second kappa shape index (κ2) is 6.06. The van der Waals surface area contributed by atoms with Gasteiger partial charge in [-0.25, -0.2) is 8.78 Å². The summed E-state index contributed by atoms with van der Waals surface area (Å²) in [6.07, 6.45) is -0.0801. The number of hydrogen-bond donors (Lipinski definition) is 1. The van der Waals surface area contributed by atoms with Crippen LogP contribution < -0.4 is 10.5 Å². The topological polar surface area (TPSA) is 35.2 Å². The molecule has 0 aliphatic rings. The fourth-order valence-corrected chi connectivity index (χ4v) is 2.15. The number of benzene rings is 1. The predicted molar refractivity (Wildman–Crippen MR) is 62.5 cm³/mol. The first kappa shape index (κ1) is 13.3. The van der Waals surface area contributed by atoms with Crippen molar-refractivity contribution in [1.29, 1.82) is 0 Å². The molecule has 0 aliphatic carbocycles. The minimum atomic E-state index is -2.48. The smallest absolute Gasteiger partial charge is 0.265 e. The molecule has 0 fully saturated rings. The lowest BCUT2D eigenvalue weighted by Gasteiger charge is -2.13. The first-order valence-electron chi connectivity index (χ1n) is 4.87. The van der Waals surface area contributed by atoms with Crippen molar-refractivity contribution in [2.24, 2.45) is 5.73 Å². The van der Waals surface area contributed by atoms with Gasteiger partial charge < -0.3 is 10.5 Å². The molecule has 5 heteroatoms. The Morgan fingerprint density at radius 1 is 1.44 bits per heavy atom. The van der Waals surface area contributed by atoms with Crippen molar-refractivity contribution in [2.75, 3.05) is 19.9 Å². The van der Waals surface area contributed by atoms with E-state index in [1.165, 1.54) is 24.9 Å². The van der Waals surface area contributed by atoms with Gasteiger partial charge in [-0.2, -0.15) is 0 Å². The molecule has 16 heavy (non-hydrogen) atoms. The van der Waals surface area contributed by atoms with Crippen LogP contribution in [0.1, 0.15) is 17.6 Å². The second-order valence-corrected chi connectivity index (χ2v) is 4.09. The van der Waals surface area contributed by atoms with Crippen molar-refractivity contribution in [3.8, 4) is 5.75 Å². The second-order valence-electron chi connectivity index (χ2n) is 3.25. The number of rotatable bonds is 5. The fraction of sp³-hybridized carbons (Fsp3) is 0.455. The summed E-state index contributed by atoms with van der Waals surface area (Å²) in [5.74, 6) is 0.485. The van der Waals surface area contributed by atoms with Crippen LogP contribution >= 0.6 is 11.8 Å². The minimum Gasteiger partial charge on any atom is -0.496 e. The molecule has 1 aromatic carbocycles. The molecule has 0 bridgehead atoms. The molecule has 0 saturated carbocycles. The van der Waals surface area contributed by atoms with Gasteiger partial charge in [0, 0.05) is 10.5 Å². The summed E-state index contributed by atoms with van der Waals surface area (Å²) in [7, 11) is 1.48. The number of nitrogens with two attached hydrogens (primary N) is 1. The van der Waals surface area contributed by atoms with E-state index in [4.69, 9.17) is 10.5 Å². The first-order valence-corrected chi connectivity index (χ1v) is 6.09. The van der Waals surface area contributed by atoms with Crippen molar-refractivity contribution < 1.29 is 13.5 Å². The molecule has 1 rings (SSSR count). The van der Waals surface area contributed by atoms with Gasteiger partial charge in [0.15, 0.2) is 0 Å². The zero-order chi connectivity index (χ0) is 12.1. The Kier molecular flexibility index (Phi) is 5.02. The van der Waals surface area contributed by atoms with E-state index in [0.717, 1.165) is 5.56 Å². The number of hydrogen-bond acceptors (Lipinski definition) is 3. The number of methoxy groups -OCH3 is 1. The highest BCUT2D eigenvalue weighted by Crippen LogP contribution is 2.35. The van der Waals surface area contributed by atoms with Crippen molar-refractivity contribution in [2.45, 2.75) is 17.7 Å². The molecule has 0 radical (unpaired) electrons. The molecule has 0 saturated heterocycles. The van der Waals surface area contributed by atoms with Crippen molar-refractivity contribution >= 4 is 11.8 Å². The van der Waals surface area contributed by atoms with Crippen LogP contribution in [0.15, 0.2) is 17.0 Å². The van der Waals surface area contributed by atoms with Crippen LogP contribution in [0.4, 0.5) is 8.78 Å². The lowest BCUT2D eigenvalue weighted by Crippen LogP contribution is -2.05. The molecule has 0 aliphatic heterocycles. The number of alkyl halides is 2. The van der Waals surface area contributed by atoms with Crippen LogP contribution in [0, 0.1) is 0 Å². The number of thioether (sulfide) groups is 1. The van der Waals surface area contributed by atoms with Gasteiger partial charge in [-0.15, -0.1) is 11.8 Å². The third kappa shape index (κ3) is 2.86. The zero-order valence-electron chi connectivity index (χ0n) is 9.30. The SMILES string of the molecule is COc1cc(C(F)F)c(SC)cc1CCN. The normalized spacial score (nSPS) is 10.9. The van der Waals surface area contributed by atoms with Crippen LogP contribution in [0.25, 0.3) is 0 Å². The summed E-state index contributed by atoms with van der Waals surface area (Å²) in [5, 5.41) is 0. The Hall–Kier alpha value is -0.810. The Labute approximate surface area is 98.2 Å². The predicted octanol–water partition coefficient (Wildman–Crippen LogP) is 2.86. The van der Waals surface area contributed by atoms with E-state index in [0.29, 0.717) is 23.6 Å². The maximum absolute atomic E-state index is 12.8. The Balaban J connectivity index is 3.22. The summed E-state index contributed by atoms with van der Waals surface area (Å²) in [6, 6.07) is 3.14. The van der Waals surface area contributed by atoms with Crippen LogP contribution in [0.2, 0.25) is 0 Å². The van der Waals surface area contributed by atoms with Crippen LogP contribution in [0.5, 0.6) is 5.75 Å². The summed E-state index contributed by atoms with van der Waals surface area (Å²) in [6.45, 7) is 0.470. The molecule has 0 aromatic heterocycles. The van der Waals surface area contributed by atoms with E-state index >= 15 is 0 Å². The molecular weight excluding hydrogens is 232 g/mol. The summed E-state index contributed by atoms with van der Waals surface area (Å²) < 4.78 is 30.6. The molecule has 90 valence electrons. The summed E-state index contributed by atoms with van der Waals surface area (Å²) in [4.78, 5) is 0.583. The molecule has 2 N–H and O–H groups in total. The molecule has 0 heterocycles. The Morgan fingerprint density at radius 2 is 2.12 bits per heavy atom. The number of ether oxygens (including phenoxy) is 1. The highest BCUT2D eigenvalue weighted by molar-refractivity contribution is 7.98. The lowest BCUT2D eigenvalue weighted by molar-refractivity contribution is 0.148. The molecule has 0 amide bonds. The summed E-state index contributed by atoms with van der Waals surface area (Å²) in [5.41, 5.74) is 6.36. The van der Waals surface area contributed by atoms with Crippen molar-refractivity contribution in [3.63, 3.8) is 0 Å². The van der Waals surface area contributed by atoms with E-state index in [2.05, 4.69) is 0 Å². The fourth-order valence-electron chi connectivity index (χ4n) is 1.51. The van der Waals surface area contributed by atoms with E-state index < -0.39 is 6.43 Å². The Morgan fingerprint density at radius 3 is 2.56 bits per heavy atom. The van der Waals surface area contributed by atoms with Gasteiger partial charge >= 0.3 is 0 Å². The lowest BCUT2D eigenvalue weighted by atomic mass is 10.1.